The first-order chi connectivity index (χ1) is 12.2. The first-order valence-electron chi connectivity index (χ1n) is 7.04. The summed E-state index contributed by atoms with van der Waals surface area (Å²) in [5.41, 5.74) is -0.674. The summed E-state index contributed by atoms with van der Waals surface area (Å²) >= 11 is 4.18. The van der Waals surface area contributed by atoms with Crippen molar-refractivity contribution in [2.24, 2.45) is 0 Å². The molecule has 0 aliphatic carbocycles. The average Bonchev–Trinajstić information content (AvgIpc) is 3.03. The number of anilines is 1. The Kier molecular flexibility index (Phi) is 5.24. The van der Waals surface area contributed by atoms with E-state index in [0.29, 0.717) is 27.0 Å². The third-order valence-corrected chi connectivity index (χ3v) is 4.52. The molecule has 0 fully saturated rings. The van der Waals surface area contributed by atoms with Crippen molar-refractivity contribution in [3.8, 4) is 11.4 Å². The number of hydrogen-bond donors (Lipinski definition) is 2. The van der Waals surface area contributed by atoms with Gasteiger partial charge in [0.15, 0.2) is 0 Å². The maximum absolute atomic E-state index is 13.8. The van der Waals surface area contributed by atoms with Crippen LogP contribution >= 0.6 is 27.9 Å². The van der Waals surface area contributed by atoms with Crippen LogP contribution in [0.25, 0.3) is 11.4 Å². The number of benzene rings is 1. The van der Waals surface area contributed by atoms with Crippen molar-refractivity contribution >= 4 is 33.6 Å². The summed E-state index contributed by atoms with van der Waals surface area (Å²) in [6, 6.07) is 7.68. The second-order valence-corrected chi connectivity index (χ2v) is 6.80. The van der Waals surface area contributed by atoms with Crippen molar-refractivity contribution in [2.45, 2.75) is 11.1 Å². The van der Waals surface area contributed by atoms with E-state index in [-0.39, 0.29) is 11.8 Å². The van der Waals surface area contributed by atoms with E-state index in [9.17, 15) is 22.0 Å². The number of alkyl halides is 3. The quantitative estimate of drug-likeness (QED) is 0.280. The average molecular weight is 450 g/mol. The molecular weight excluding hydrogens is 441 g/mol. The topological polar surface area (TPSA) is 40.7 Å². The van der Waals surface area contributed by atoms with E-state index < -0.39 is 23.4 Å². The van der Waals surface area contributed by atoms with E-state index in [1.807, 2.05) is 0 Å². The van der Waals surface area contributed by atoms with Crippen LogP contribution in [-0.4, -0.2) is 9.97 Å². The van der Waals surface area contributed by atoms with Crippen LogP contribution in [0.3, 0.4) is 0 Å². The third kappa shape index (κ3) is 4.18. The minimum atomic E-state index is -4.96. The van der Waals surface area contributed by atoms with Gasteiger partial charge < -0.3 is 9.71 Å². The molecule has 0 bridgehead atoms. The summed E-state index contributed by atoms with van der Waals surface area (Å²) in [5.74, 6) is -2.74. The number of nitrogens with one attached hydrogen (secondary N) is 2. The Bertz CT molecular complexity index is 942. The summed E-state index contributed by atoms with van der Waals surface area (Å²) in [7, 11) is 0. The fraction of sp³-hybridized carbons (Fsp3) is 0.0625. The largest absolute Gasteiger partial charge is 0.419 e. The smallest absolute Gasteiger partial charge is 0.359 e. The number of aromatic nitrogens is 2. The van der Waals surface area contributed by atoms with Gasteiger partial charge in [-0.15, -0.1) is 0 Å². The maximum atomic E-state index is 13.8. The predicted octanol–water partition coefficient (Wildman–Crippen LogP) is 6.26. The van der Waals surface area contributed by atoms with Crippen molar-refractivity contribution in [2.75, 3.05) is 4.72 Å². The molecule has 3 rings (SSSR count). The van der Waals surface area contributed by atoms with Crippen molar-refractivity contribution < 1.29 is 22.0 Å². The molecular formula is C16H9BrF5N3S. The number of H-pyrrole nitrogens is 1. The Morgan fingerprint density at radius 2 is 1.85 bits per heavy atom. The molecule has 1 aromatic carbocycles. The van der Waals surface area contributed by atoms with E-state index in [1.165, 1.54) is 0 Å². The normalized spacial score (nSPS) is 11.6. The van der Waals surface area contributed by atoms with Crippen molar-refractivity contribution in [3.63, 3.8) is 0 Å². The molecule has 3 nitrogen and oxygen atoms in total. The SMILES string of the molecule is Fc1cc(C(F)(F)F)c(F)cc1NSc1c[nH]c(-c2cccc(Br)n2)c1. The molecule has 0 saturated carbocycles. The number of pyridine rings is 1. The van der Waals surface area contributed by atoms with E-state index in [2.05, 4.69) is 30.6 Å². The minimum absolute atomic E-state index is 0.131. The van der Waals surface area contributed by atoms with E-state index in [1.54, 1.807) is 30.5 Å². The van der Waals surface area contributed by atoms with Crippen LogP contribution in [0.5, 0.6) is 0 Å². The van der Waals surface area contributed by atoms with Gasteiger partial charge in [0.05, 0.1) is 22.6 Å². The lowest BCUT2D eigenvalue weighted by molar-refractivity contribution is -0.140. The second kappa shape index (κ2) is 7.28. The van der Waals surface area contributed by atoms with Gasteiger partial charge in [0.25, 0.3) is 0 Å². The highest BCUT2D eigenvalue weighted by Gasteiger charge is 2.35. The van der Waals surface area contributed by atoms with Crippen LogP contribution < -0.4 is 4.72 Å². The maximum Gasteiger partial charge on any atom is 0.419 e. The van der Waals surface area contributed by atoms with Gasteiger partial charge in [-0.05, 0) is 52.1 Å². The number of aromatic amines is 1. The fourth-order valence-electron chi connectivity index (χ4n) is 2.10. The molecule has 3 aromatic rings. The molecule has 0 saturated heterocycles. The lowest BCUT2D eigenvalue weighted by atomic mass is 10.2. The lowest BCUT2D eigenvalue weighted by Crippen LogP contribution is -2.09. The summed E-state index contributed by atoms with van der Waals surface area (Å²) in [4.78, 5) is 7.87. The summed E-state index contributed by atoms with van der Waals surface area (Å²) in [6.07, 6.45) is -3.35. The van der Waals surface area contributed by atoms with Crippen LogP contribution in [0.4, 0.5) is 27.6 Å². The molecule has 0 unspecified atom stereocenters. The second-order valence-electron chi connectivity index (χ2n) is 5.11. The van der Waals surface area contributed by atoms with E-state index in [4.69, 9.17) is 0 Å². The van der Waals surface area contributed by atoms with Gasteiger partial charge >= 0.3 is 6.18 Å². The lowest BCUT2D eigenvalue weighted by Gasteiger charge is -2.11. The molecule has 26 heavy (non-hydrogen) atoms. The third-order valence-electron chi connectivity index (χ3n) is 3.29. The van der Waals surface area contributed by atoms with Crippen molar-refractivity contribution in [1.29, 1.82) is 0 Å². The van der Waals surface area contributed by atoms with Crippen LogP contribution in [-0.2, 0) is 6.18 Å². The van der Waals surface area contributed by atoms with E-state index >= 15 is 0 Å². The molecule has 0 amide bonds. The first-order valence-corrected chi connectivity index (χ1v) is 8.65. The molecule has 2 heterocycles. The fourth-order valence-corrected chi connectivity index (χ4v) is 3.12. The Labute approximate surface area is 157 Å². The predicted molar refractivity (Wildman–Crippen MR) is 92.6 cm³/mol. The van der Waals surface area contributed by atoms with E-state index in [0.717, 1.165) is 11.9 Å². The molecule has 136 valence electrons. The zero-order chi connectivity index (χ0) is 18.9. The summed E-state index contributed by atoms with van der Waals surface area (Å²) in [6.45, 7) is 0. The van der Waals surface area contributed by atoms with Gasteiger partial charge in [-0.25, -0.2) is 13.8 Å². The van der Waals surface area contributed by atoms with Gasteiger partial charge in [-0.3, -0.25) is 0 Å². The Balaban J connectivity index is 1.75. The summed E-state index contributed by atoms with van der Waals surface area (Å²) < 4.78 is 68.2. The number of rotatable bonds is 4. The monoisotopic (exact) mass is 449 g/mol. The molecule has 0 aliphatic rings. The van der Waals surface area contributed by atoms with Crippen LogP contribution in [0.1, 0.15) is 5.56 Å². The Morgan fingerprint density at radius 3 is 2.54 bits per heavy atom. The Morgan fingerprint density at radius 1 is 1.08 bits per heavy atom. The first kappa shape index (κ1) is 18.7. The van der Waals surface area contributed by atoms with Crippen LogP contribution in [0, 0.1) is 11.6 Å². The number of hydrogen-bond acceptors (Lipinski definition) is 3. The van der Waals surface area contributed by atoms with Crippen LogP contribution in [0.15, 0.2) is 52.1 Å². The molecule has 0 atom stereocenters. The standard InChI is InChI=1S/C16H9BrF5N3S/c17-15-3-1-2-12(24-15)14-4-8(7-23-14)26-25-13-6-10(18)9(5-11(13)19)16(20,21)22/h1-7,23,25H. The molecule has 0 spiro atoms. The highest BCUT2D eigenvalue weighted by atomic mass is 79.9. The summed E-state index contributed by atoms with van der Waals surface area (Å²) in [5, 5.41) is 0. The van der Waals surface area contributed by atoms with Crippen molar-refractivity contribution in [1.82, 2.24) is 9.97 Å². The van der Waals surface area contributed by atoms with Gasteiger partial charge in [0, 0.05) is 17.2 Å². The molecule has 2 N–H and O–H groups in total. The number of halogens is 6. The zero-order valence-electron chi connectivity index (χ0n) is 12.7. The van der Waals surface area contributed by atoms with Gasteiger partial charge in [0.2, 0.25) is 0 Å². The minimum Gasteiger partial charge on any atom is -0.359 e. The van der Waals surface area contributed by atoms with Gasteiger partial charge in [-0.2, -0.15) is 13.2 Å². The van der Waals surface area contributed by atoms with Crippen LogP contribution in [0.2, 0.25) is 0 Å². The highest BCUT2D eigenvalue weighted by Crippen LogP contribution is 2.35. The molecule has 0 radical (unpaired) electrons. The zero-order valence-corrected chi connectivity index (χ0v) is 15.1. The molecule has 0 aliphatic heterocycles. The molecule has 10 heteroatoms. The Hall–Kier alpha value is -2.07. The van der Waals surface area contributed by atoms with Crippen molar-refractivity contribution in [3.05, 3.63) is 64.4 Å². The highest BCUT2D eigenvalue weighted by molar-refractivity contribution is 9.10. The van der Waals surface area contributed by atoms with Gasteiger partial charge in [-0.1, -0.05) is 6.07 Å². The van der Waals surface area contributed by atoms with Gasteiger partial charge in [0.1, 0.15) is 16.2 Å². The number of nitrogens with zero attached hydrogens (tertiary/aromatic N) is 1. The molecule has 2 aromatic heterocycles.